The van der Waals surface area contributed by atoms with Crippen LogP contribution in [0.3, 0.4) is 0 Å². The Labute approximate surface area is 150 Å². The van der Waals surface area contributed by atoms with Crippen LogP contribution in [0, 0.1) is 0 Å². The van der Waals surface area contributed by atoms with Crippen LogP contribution in [0.4, 0.5) is 0 Å². The monoisotopic (exact) mass is 364 g/mol. The molecule has 3 aromatic carbocycles. The van der Waals surface area contributed by atoms with Gasteiger partial charge in [-0.15, -0.1) is 0 Å². The van der Waals surface area contributed by atoms with Crippen LogP contribution in [0.25, 0.3) is 32.7 Å². The van der Waals surface area contributed by atoms with Crippen molar-refractivity contribution in [2.75, 3.05) is 0 Å². The van der Waals surface area contributed by atoms with E-state index in [2.05, 4.69) is 58.5 Å². The highest BCUT2D eigenvalue weighted by Gasteiger charge is 2.11. The first-order valence-corrected chi connectivity index (χ1v) is 9.47. The van der Waals surface area contributed by atoms with Gasteiger partial charge in [0.05, 0.1) is 0 Å². The number of fused-ring (bicyclic) bond motifs is 4. The van der Waals surface area contributed by atoms with E-state index in [0.717, 1.165) is 5.39 Å². The molecule has 2 aromatic heterocycles. The zero-order valence-electron chi connectivity index (χ0n) is 13.7. The summed E-state index contributed by atoms with van der Waals surface area (Å²) in [7, 11) is -4.12. The molecule has 0 atom stereocenters. The number of hydrogen-bond acceptors (Lipinski definition) is 2. The van der Waals surface area contributed by atoms with Crippen LogP contribution >= 0.6 is 0 Å². The zero-order chi connectivity index (χ0) is 18.1. The number of nitrogens with one attached hydrogen (secondary N) is 2. The van der Waals surface area contributed by atoms with Gasteiger partial charge >= 0.3 is 10.1 Å². The van der Waals surface area contributed by atoms with Gasteiger partial charge in [0, 0.05) is 32.7 Å². The molecule has 0 saturated heterocycles. The lowest BCUT2D eigenvalue weighted by Crippen LogP contribution is -1.97. The lowest BCUT2D eigenvalue weighted by atomic mass is 10.2. The van der Waals surface area contributed by atoms with Gasteiger partial charge in [-0.1, -0.05) is 54.6 Å². The molecule has 5 rings (SSSR count). The molecule has 0 amide bonds. The van der Waals surface area contributed by atoms with Crippen molar-refractivity contribution in [2.45, 2.75) is 5.03 Å². The molecule has 0 fully saturated rings. The van der Waals surface area contributed by atoms with E-state index in [-0.39, 0.29) is 5.03 Å². The topological polar surface area (TPSA) is 85.9 Å². The maximum absolute atomic E-state index is 10.7. The summed E-state index contributed by atoms with van der Waals surface area (Å²) in [5.74, 6) is 0. The van der Waals surface area contributed by atoms with Gasteiger partial charge in [-0.3, -0.25) is 4.55 Å². The summed E-state index contributed by atoms with van der Waals surface area (Å²) in [5, 5.41) is 3.19. The van der Waals surface area contributed by atoms with Crippen LogP contribution in [0.15, 0.2) is 83.9 Å². The first-order valence-electron chi connectivity index (χ1n) is 8.03. The number of para-hydroxylation sites is 3. The molecule has 0 aliphatic heterocycles. The van der Waals surface area contributed by atoms with Crippen molar-refractivity contribution in [3.8, 4) is 0 Å². The molecule has 0 unspecified atom stereocenters. The number of benzene rings is 3. The Hall–Kier alpha value is -3.09. The fourth-order valence-electron chi connectivity index (χ4n) is 2.98. The van der Waals surface area contributed by atoms with E-state index < -0.39 is 10.1 Å². The average Bonchev–Trinajstić information content (AvgIpc) is 3.23. The highest BCUT2D eigenvalue weighted by molar-refractivity contribution is 7.85. The lowest BCUT2D eigenvalue weighted by molar-refractivity contribution is 0.480. The first kappa shape index (κ1) is 16.4. The van der Waals surface area contributed by atoms with E-state index in [4.69, 9.17) is 4.55 Å². The van der Waals surface area contributed by atoms with Crippen LogP contribution in [-0.4, -0.2) is 22.9 Å². The summed E-state index contributed by atoms with van der Waals surface area (Å²) in [4.78, 5) is 5.98. The van der Waals surface area contributed by atoms with Crippen molar-refractivity contribution < 1.29 is 13.0 Å². The summed E-state index contributed by atoms with van der Waals surface area (Å²) in [5.41, 5.74) is 3.11. The van der Waals surface area contributed by atoms with E-state index in [9.17, 15) is 8.42 Å². The molecule has 0 aliphatic rings. The van der Waals surface area contributed by atoms with Crippen LogP contribution in [-0.2, 0) is 10.1 Å². The lowest BCUT2D eigenvalue weighted by Gasteiger charge is -1.87. The minimum Gasteiger partial charge on any atom is -0.355 e. The second-order valence-corrected chi connectivity index (χ2v) is 7.30. The Morgan fingerprint density at radius 3 is 1.69 bits per heavy atom. The number of rotatable bonds is 1. The Bertz CT molecular complexity index is 1230. The van der Waals surface area contributed by atoms with Gasteiger partial charge in [0.25, 0.3) is 0 Å². The van der Waals surface area contributed by atoms with E-state index in [1.165, 1.54) is 27.9 Å². The molecule has 0 saturated carbocycles. The molecule has 3 N–H and O–H groups in total. The van der Waals surface area contributed by atoms with Crippen molar-refractivity contribution in [3.05, 3.63) is 78.9 Å². The first-order chi connectivity index (χ1) is 12.5. The number of aromatic amines is 2. The molecule has 6 heteroatoms. The Balaban J connectivity index is 0.000000129. The third kappa shape index (κ3) is 3.08. The molecule has 2 heterocycles. The molecule has 0 spiro atoms. The van der Waals surface area contributed by atoms with Crippen LogP contribution in [0.1, 0.15) is 0 Å². The maximum atomic E-state index is 10.7. The third-order valence-corrected chi connectivity index (χ3v) is 4.97. The van der Waals surface area contributed by atoms with E-state index >= 15 is 0 Å². The zero-order valence-corrected chi connectivity index (χ0v) is 14.5. The summed E-state index contributed by atoms with van der Waals surface area (Å²) in [6, 6.07) is 25.2. The second kappa shape index (κ2) is 6.33. The Morgan fingerprint density at radius 1 is 0.654 bits per heavy atom. The van der Waals surface area contributed by atoms with Gasteiger partial charge in [0.1, 0.15) is 0 Å². The van der Waals surface area contributed by atoms with Gasteiger partial charge in [-0.05, 0) is 24.3 Å². The van der Waals surface area contributed by atoms with Crippen molar-refractivity contribution >= 4 is 42.8 Å². The third-order valence-electron chi connectivity index (χ3n) is 4.20. The summed E-state index contributed by atoms with van der Waals surface area (Å²) >= 11 is 0. The Morgan fingerprint density at radius 2 is 1.15 bits per heavy atom. The minimum atomic E-state index is -4.12. The fourth-order valence-corrected chi connectivity index (χ4v) is 3.50. The summed E-state index contributed by atoms with van der Waals surface area (Å²) in [6.45, 7) is 0. The predicted octanol–water partition coefficient (Wildman–Crippen LogP) is 4.74. The molecular formula is C20H16N2O3S. The quantitative estimate of drug-likeness (QED) is 0.376. The number of aromatic nitrogens is 2. The molecule has 5 aromatic rings. The highest BCUT2D eigenvalue weighted by Crippen LogP contribution is 2.24. The maximum Gasteiger partial charge on any atom is 0.310 e. The van der Waals surface area contributed by atoms with E-state index in [1.54, 1.807) is 24.3 Å². The summed E-state index contributed by atoms with van der Waals surface area (Å²) in [6.07, 6.45) is 0. The van der Waals surface area contributed by atoms with Gasteiger partial charge < -0.3 is 9.97 Å². The predicted molar refractivity (Wildman–Crippen MR) is 104 cm³/mol. The summed E-state index contributed by atoms with van der Waals surface area (Å²) < 4.78 is 30.2. The van der Waals surface area contributed by atoms with Crippen molar-refractivity contribution in [1.82, 2.24) is 9.97 Å². The average molecular weight is 364 g/mol. The van der Waals surface area contributed by atoms with E-state index in [0.29, 0.717) is 5.52 Å². The molecular weight excluding hydrogens is 348 g/mol. The molecule has 0 radical (unpaired) electrons. The van der Waals surface area contributed by atoms with Gasteiger partial charge in [0.15, 0.2) is 5.03 Å². The van der Waals surface area contributed by atoms with Crippen molar-refractivity contribution in [1.29, 1.82) is 0 Å². The largest absolute Gasteiger partial charge is 0.355 e. The van der Waals surface area contributed by atoms with E-state index in [1.807, 2.05) is 0 Å². The molecule has 0 bridgehead atoms. The highest BCUT2D eigenvalue weighted by atomic mass is 32.2. The van der Waals surface area contributed by atoms with Crippen LogP contribution in [0.5, 0.6) is 0 Å². The number of hydrogen-bond donors (Lipinski definition) is 3. The fraction of sp³-hybridized carbons (Fsp3) is 0. The van der Waals surface area contributed by atoms with Crippen molar-refractivity contribution in [3.63, 3.8) is 0 Å². The standard InChI is InChI=1S/C12H9N.C8H7NO3S/c1-3-7-11-9(5-1)10-6-2-4-8-12(10)13-11;10-13(11,12)8-5-6-3-1-2-4-7(6)9-8/h1-8,13H;1-5,9H,(H,10,11,12). The minimum absolute atomic E-state index is 0.172. The SMILES string of the molecule is O=S(=O)(O)c1cc2ccccc2[nH]1.c1ccc2c(c1)[nH]c1ccccc12. The molecule has 26 heavy (non-hydrogen) atoms. The molecule has 130 valence electrons. The smallest absolute Gasteiger partial charge is 0.310 e. The van der Waals surface area contributed by atoms with Gasteiger partial charge in [-0.2, -0.15) is 8.42 Å². The van der Waals surface area contributed by atoms with Crippen LogP contribution < -0.4 is 0 Å². The van der Waals surface area contributed by atoms with Crippen LogP contribution in [0.2, 0.25) is 0 Å². The molecule has 5 nitrogen and oxygen atoms in total. The Kier molecular flexibility index (Phi) is 3.99. The van der Waals surface area contributed by atoms with Crippen molar-refractivity contribution in [2.24, 2.45) is 0 Å². The second-order valence-electron chi connectivity index (χ2n) is 5.91. The number of H-pyrrole nitrogens is 2. The normalized spacial score (nSPS) is 11.6. The van der Waals surface area contributed by atoms with Gasteiger partial charge in [0.2, 0.25) is 0 Å². The van der Waals surface area contributed by atoms with Gasteiger partial charge in [-0.25, -0.2) is 0 Å². The molecule has 0 aliphatic carbocycles.